The second-order valence-corrected chi connectivity index (χ2v) is 22.1. The minimum Gasteiger partial charge on any atom is -0.382 e. The number of unbranched alkanes of at least 4 members (excludes halogenated alkanes) is 10. The lowest BCUT2D eigenvalue weighted by atomic mass is 10.1. The zero-order valence-corrected chi connectivity index (χ0v) is 32.4. The maximum absolute atomic E-state index is 12.4. The van der Waals surface area contributed by atoms with Crippen LogP contribution < -0.4 is 5.73 Å². The van der Waals surface area contributed by atoms with Crippen LogP contribution in [0.1, 0.15) is 119 Å². The highest BCUT2D eigenvalue weighted by molar-refractivity contribution is 7.99. The van der Waals surface area contributed by atoms with Crippen LogP contribution in [0.25, 0.3) is 11.2 Å². The van der Waals surface area contributed by atoms with Gasteiger partial charge in [0.25, 0.3) is 0 Å². The summed E-state index contributed by atoms with van der Waals surface area (Å²) in [6, 6.07) is 0. The van der Waals surface area contributed by atoms with Crippen molar-refractivity contribution in [1.29, 1.82) is 0 Å². The Balaban J connectivity index is 1.41. The van der Waals surface area contributed by atoms with E-state index in [0.717, 1.165) is 12.2 Å². The number of ether oxygens (including phenoxy) is 1. The van der Waals surface area contributed by atoms with Gasteiger partial charge in [-0.25, -0.2) is 15.0 Å². The number of aromatic nitrogens is 4. The summed E-state index contributed by atoms with van der Waals surface area (Å²) in [6.45, 7) is 16.8. The van der Waals surface area contributed by atoms with Crippen LogP contribution >= 0.6 is 19.4 Å². The van der Waals surface area contributed by atoms with Crippen molar-refractivity contribution >= 4 is 44.4 Å². The third-order valence-corrected chi connectivity index (χ3v) is 17.4. The molecule has 3 N–H and O–H groups in total. The van der Waals surface area contributed by atoms with Crippen molar-refractivity contribution in [1.82, 2.24) is 19.5 Å². The third-order valence-electron chi connectivity index (χ3n) is 8.94. The van der Waals surface area contributed by atoms with Crippen molar-refractivity contribution in [2.24, 2.45) is 0 Å². The molecule has 0 aliphatic rings. The van der Waals surface area contributed by atoms with E-state index in [2.05, 4.69) is 68.0 Å². The molecule has 2 aromatic heterocycles. The molecule has 0 aliphatic heterocycles. The molecule has 0 fully saturated rings. The Morgan fingerprint density at radius 3 is 2.09 bits per heavy atom. The van der Waals surface area contributed by atoms with Crippen LogP contribution in [0.3, 0.4) is 0 Å². The van der Waals surface area contributed by atoms with Gasteiger partial charge in [0.2, 0.25) is 0 Å². The van der Waals surface area contributed by atoms with Gasteiger partial charge in [-0.05, 0) is 42.1 Å². The Morgan fingerprint density at radius 1 is 0.891 bits per heavy atom. The number of fused-ring (bicyclic) bond motifs is 1. The van der Waals surface area contributed by atoms with E-state index in [1.807, 2.05) is 6.92 Å². The fourth-order valence-corrected chi connectivity index (χ4v) is 13.6. The van der Waals surface area contributed by atoms with E-state index >= 15 is 0 Å². The zero-order chi connectivity index (χ0) is 34.0. The zero-order valence-electron chi connectivity index (χ0n) is 29.7. The summed E-state index contributed by atoms with van der Waals surface area (Å²) < 4.78 is 25.0. The van der Waals surface area contributed by atoms with Crippen molar-refractivity contribution in [3.8, 4) is 11.5 Å². The Kier molecular flexibility index (Phi) is 19.1. The fraction of sp³-hybridized carbons (Fsp3) is 0.794. The molecule has 9 nitrogen and oxygen atoms in total. The number of nitrogens with zero attached hydrogens (tertiary/aromatic N) is 4. The Labute approximate surface area is 284 Å². The van der Waals surface area contributed by atoms with E-state index in [0.29, 0.717) is 45.9 Å². The molecule has 2 rings (SSSR count). The second kappa shape index (κ2) is 21.5. The van der Waals surface area contributed by atoms with Gasteiger partial charge in [0, 0.05) is 12.2 Å². The van der Waals surface area contributed by atoms with Crippen LogP contribution in [0.5, 0.6) is 0 Å². The molecule has 2 aromatic rings. The second-order valence-electron chi connectivity index (χ2n) is 13.5. The molecule has 262 valence electrons. The molecule has 1 unspecified atom stereocenters. The van der Waals surface area contributed by atoms with Crippen LogP contribution in [0.2, 0.25) is 16.6 Å². The lowest BCUT2D eigenvalue weighted by molar-refractivity contribution is 0.0724. The molecule has 0 bridgehead atoms. The first-order chi connectivity index (χ1) is 21.9. The highest BCUT2D eigenvalue weighted by atomic mass is 32.2. The fourth-order valence-electron chi connectivity index (χ4n) is 6.44. The summed E-state index contributed by atoms with van der Waals surface area (Å²) in [6.07, 6.45) is 16.3. The molecule has 12 heteroatoms. The van der Waals surface area contributed by atoms with Crippen LogP contribution in [-0.2, 0) is 20.4 Å². The van der Waals surface area contributed by atoms with E-state index < -0.39 is 15.7 Å². The molecule has 0 aliphatic carbocycles. The summed E-state index contributed by atoms with van der Waals surface area (Å²) in [7, 11) is -5.37. The monoisotopic (exact) mass is 695 g/mol. The van der Waals surface area contributed by atoms with Gasteiger partial charge in [0.1, 0.15) is 26.3 Å². The molecule has 0 saturated heterocycles. The molecule has 2 atom stereocenters. The smallest absolute Gasteiger partial charge is 0.353 e. The minimum atomic E-state index is -3.81. The van der Waals surface area contributed by atoms with Crippen molar-refractivity contribution in [2.75, 3.05) is 30.2 Å². The Hall–Kier alpha value is -1.41. The maximum Gasteiger partial charge on any atom is 0.353 e. The van der Waals surface area contributed by atoms with Gasteiger partial charge in [-0.3, -0.25) is 4.57 Å². The SMILES string of the molecule is CC(C)[Si](C#CCCCCCCCCCCCCSCCOP(=O)(O)CO[C@H](C)Cn1cnc2c(N)ncnc21)(C(C)C)C(C)C. The number of hydrogen-bond acceptors (Lipinski definition) is 8. The van der Waals surface area contributed by atoms with Crippen molar-refractivity contribution < 1.29 is 18.7 Å². The first-order valence-corrected chi connectivity index (χ1v) is 22.6. The highest BCUT2D eigenvalue weighted by Gasteiger charge is 2.41. The first kappa shape index (κ1) is 40.8. The largest absolute Gasteiger partial charge is 0.382 e. The van der Waals surface area contributed by atoms with Gasteiger partial charge in [-0.15, -0.1) is 11.5 Å². The molecule has 0 saturated carbocycles. The molecule has 0 amide bonds. The van der Waals surface area contributed by atoms with E-state index in [4.69, 9.17) is 15.0 Å². The van der Waals surface area contributed by atoms with Gasteiger partial charge >= 0.3 is 7.60 Å². The van der Waals surface area contributed by atoms with Crippen LogP contribution in [0.4, 0.5) is 5.82 Å². The molecule has 0 spiro atoms. The number of rotatable bonds is 24. The standard InChI is InChI=1S/C34H62N5O4PSSi/c1-28(2)46(29(3)4,30(5)6)23-19-17-15-13-11-9-8-10-12-14-16-18-21-45-22-20-43-44(40,41)27-42-31(7)24-39-26-38-32-33(35)36-25-37-34(32)39/h25-26,28-31H,8-18,20-22,24,27H2,1-7H3,(H,40,41)(H2,35,36,37)/t31-/m1/s1. The summed E-state index contributed by atoms with van der Waals surface area (Å²) in [4.78, 5) is 22.5. The molecular formula is C34H62N5O4PSSi. The number of nitrogen functional groups attached to an aromatic ring is 1. The number of hydrogen-bond donors (Lipinski definition) is 2. The summed E-state index contributed by atoms with van der Waals surface area (Å²) in [5.41, 5.74) is 13.0. The normalized spacial score (nSPS) is 14.2. The number of imidazole rings is 1. The van der Waals surface area contributed by atoms with Gasteiger partial charge in [0.05, 0.1) is 25.6 Å². The van der Waals surface area contributed by atoms with Gasteiger partial charge in [0.15, 0.2) is 11.5 Å². The predicted molar refractivity (Wildman–Crippen MR) is 198 cm³/mol. The van der Waals surface area contributed by atoms with Crippen LogP contribution in [0, 0.1) is 11.5 Å². The summed E-state index contributed by atoms with van der Waals surface area (Å²) >= 11 is 1.77. The lowest BCUT2D eigenvalue weighted by Gasteiger charge is -2.38. The molecule has 0 radical (unpaired) electrons. The van der Waals surface area contributed by atoms with Gasteiger partial charge in [-0.1, -0.05) is 92.9 Å². The van der Waals surface area contributed by atoms with E-state index in [-0.39, 0.29) is 19.1 Å². The molecular weight excluding hydrogens is 634 g/mol. The van der Waals surface area contributed by atoms with Crippen molar-refractivity contribution in [2.45, 2.75) is 148 Å². The maximum atomic E-state index is 12.4. The number of anilines is 1. The van der Waals surface area contributed by atoms with E-state index in [1.165, 1.54) is 70.5 Å². The van der Waals surface area contributed by atoms with E-state index in [1.54, 1.807) is 22.7 Å². The average molecular weight is 696 g/mol. The van der Waals surface area contributed by atoms with E-state index in [9.17, 15) is 9.46 Å². The van der Waals surface area contributed by atoms with Crippen LogP contribution in [-0.4, -0.2) is 63.1 Å². The van der Waals surface area contributed by atoms with Crippen molar-refractivity contribution in [3.63, 3.8) is 0 Å². The number of thioether (sulfide) groups is 1. The molecule has 2 heterocycles. The van der Waals surface area contributed by atoms with Gasteiger partial charge in [-0.2, -0.15) is 11.8 Å². The lowest BCUT2D eigenvalue weighted by Crippen LogP contribution is -2.43. The highest BCUT2D eigenvalue weighted by Crippen LogP contribution is 2.42. The quantitative estimate of drug-likeness (QED) is 0.0478. The number of nitrogens with two attached hydrogens (primary N) is 1. The first-order valence-electron chi connectivity index (χ1n) is 17.5. The Bertz CT molecular complexity index is 1230. The van der Waals surface area contributed by atoms with Crippen LogP contribution in [0.15, 0.2) is 12.7 Å². The predicted octanol–water partition coefficient (Wildman–Crippen LogP) is 9.22. The Morgan fingerprint density at radius 2 is 1.48 bits per heavy atom. The summed E-state index contributed by atoms with van der Waals surface area (Å²) in [5, 5.41) is 0. The minimum absolute atomic E-state index is 0.238. The topological polar surface area (TPSA) is 125 Å². The van der Waals surface area contributed by atoms with Gasteiger partial charge < -0.3 is 24.5 Å². The van der Waals surface area contributed by atoms with Crippen molar-refractivity contribution in [3.05, 3.63) is 12.7 Å². The third kappa shape index (κ3) is 14.0. The molecule has 46 heavy (non-hydrogen) atoms. The average Bonchev–Trinajstić information content (AvgIpc) is 3.40. The summed E-state index contributed by atoms with van der Waals surface area (Å²) in [5.74, 6) is 5.68. The molecule has 0 aromatic carbocycles.